The molecule has 0 saturated carbocycles. The molecule has 3 aromatic carbocycles. The van der Waals surface area contributed by atoms with Crippen molar-refractivity contribution in [1.82, 2.24) is 15.0 Å². The number of benzene rings is 3. The maximum atomic E-state index is 14.7. The second-order valence-corrected chi connectivity index (χ2v) is 8.57. The minimum Gasteiger partial charge on any atom is -0.481 e. The first-order valence-electron chi connectivity index (χ1n) is 11.3. The minimum atomic E-state index is -0.696. The Morgan fingerprint density at radius 3 is 2.35 bits per heavy atom. The summed E-state index contributed by atoms with van der Waals surface area (Å²) in [5.41, 5.74) is 3.80. The van der Waals surface area contributed by atoms with E-state index in [2.05, 4.69) is 15.0 Å². The Bertz CT molecular complexity index is 1280. The van der Waals surface area contributed by atoms with Crippen LogP contribution < -0.4 is 0 Å². The monoisotopic (exact) mass is 457 g/mol. The average Bonchev–Trinajstić information content (AvgIpc) is 3.36. The van der Waals surface area contributed by atoms with E-state index < -0.39 is 5.97 Å². The topological polar surface area (TPSA) is 79.5 Å². The van der Waals surface area contributed by atoms with Gasteiger partial charge >= 0.3 is 5.97 Å². The number of carboxylic acids is 1. The fraction of sp³-hybridized carbons (Fsp3) is 0.222. The fourth-order valence-electron chi connectivity index (χ4n) is 4.31. The summed E-state index contributed by atoms with van der Waals surface area (Å²) in [5, 5.41) is 13.2. The van der Waals surface area contributed by atoms with Crippen LogP contribution in [0.15, 0.2) is 77.3 Å². The van der Waals surface area contributed by atoms with Crippen LogP contribution in [0.3, 0.4) is 0 Å². The number of halogens is 1. The van der Waals surface area contributed by atoms with Crippen LogP contribution in [0.5, 0.6) is 0 Å². The van der Waals surface area contributed by atoms with Gasteiger partial charge in [-0.25, -0.2) is 4.39 Å². The van der Waals surface area contributed by atoms with E-state index in [-0.39, 0.29) is 17.6 Å². The predicted octanol–water partition coefficient (Wildman–Crippen LogP) is 5.51. The number of piperidine rings is 1. The van der Waals surface area contributed by atoms with Crippen LogP contribution >= 0.6 is 0 Å². The SMILES string of the molecule is O=C(O)C1CCN(Cc2ccc(-c3noc(-c4ccc(-c5ccccc5)c(F)c4)n3)cc2)CC1. The third kappa shape index (κ3) is 4.75. The molecule has 0 atom stereocenters. The van der Waals surface area contributed by atoms with Gasteiger partial charge in [-0.05, 0) is 49.2 Å². The standard InChI is InChI=1S/C27H24FN3O3/c28-24-16-22(10-11-23(24)19-4-2-1-3-5-19)26-29-25(30-34-26)20-8-6-18(7-9-20)17-31-14-12-21(13-15-31)27(32)33/h1-11,16,21H,12-15,17H2,(H,32,33). The van der Waals surface area contributed by atoms with Gasteiger partial charge in [-0.15, -0.1) is 0 Å². The summed E-state index contributed by atoms with van der Waals surface area (Å²) in [4.78, 5) is 17.8. The normalized spacial score (nSPS) is 14.9. The molecule has 5 rings (SSSR count). The van der Waals surface area contributed by atoms with Crippen molar-refractivity contribution in [2.24, 2.45) is 5.92 Å². The van der Waals surface area contributed by atoms with Crippen molar-refractivity contribution in [2.75, 3.05) is 13.1 Å². The summed E-state index contributed by atoms with van der Waals surface area (Å²) in [5.74, 6) is -0.567. The Hall–Kier alpha value is -3.84. The molecule has 0 amide bonds. The number of likely N-dealkylation sites (tertiary alicyclic amines) is 1. The van der Waals surface area contributed by atoms with E-state index in [1.54, 1.807) is 12.1 Å². The molecular weight excluding hydrogens is 433 g/mol. The first-order valence-corrected chi connectivity index (χ1v) is 11.3. The van der Waals surface area contributed by atoms with Crippen LogP contribution in [0, 0.1) is 11.7 Å². The zero-order chi connectivity index (χ0) is 23.5. The Morgan fingerprint density at radius 2 is 1.68 bits per heavy atom. The first kappa shape index (κ1) is 22.0. The summed E-state index contributed by atoms with van der Waals surface area (Å²) in [6.07, 6.45) is 1.37. The highest BCUT2D eigenvalue weighted by atomic mass is 19.1. The predicted molar refractivity (Wildman–Crippen MR) is 126 cm³/mol. The molecular formula is C27H24FN3O3. The van der Waals surface area contributed by atoms with Gasteiger partial charge in [0, 0.05) is 23.2 Å². The van der Waals surface area contributed by atoms with Crippen LogP contribution in [0.25, 0.3) is 34.0 Å². The molecule has 4 aromatic rings. The third-order valence-electron chi connectivity index (χ3n) is 6.28. The van der Waals surface area contributed by atoms with Gasteiger partial charge in [-0.1, -0.05) is 65.8 Å². The van der Waals surface area contributed by atoms with Gasteiger partial charge in [0.05, 0.1) is 5.92 Å². The van der Waals surface area contributed by atoms with Crippen molar-refractivity contribution in [3.63, 3.8) is 0 Å². The van der Waals surface area contributed by atoms with Crippen molar-refractivity contribution in [3.05, 3.63) is 84.2 Å². The molecule has 0 unspecified atom stereocenters. The number of nitrogens with zero attached hydrogens (tertiary/aromatic N) is 3. The van der Waals surface area contributed by atoms with E-state index in [1.165, 1.54) is 6.07 Å². The Morgan fingerprint density at radius 1 is 0.971 bits per heavy atom. The second-order valence-electron chi connectivity index (χ2n) is 8.57. The van der Waals surface area contributed by atoms with Gasteiger partial charge in [0.15, 0.2) is 0 Å². The Kier molecular flexibility index (Phi) is 6.18. The molecule has 0 aliphatic carbocycles. The van der Waals surface area contributed by atoms with Crippen LogP contribution in [0.2, 0.25) is 0 Å². The third-order valence-corrected chi connectivity index (χ3v) is 6.28. The van der Waals surface area contributed by atoms with Crippen molar-refractivity contribution < 1.29 is 18.8 Å². The average molecular weight is 458 g/mol. The molecule has 0 radical (unpaired) electrons. The highest BCUT2D eigenvalue weighted by Crippen LogP contribution is 2.28. The van der Waals surface area contributed by atoms with Gasteiger partial charge < -0.3 is 9.63 Å². The van der Waals surface area contributed by atoms with E-state index in [0.717, 1.165) is 36.3 Å². The van der Waals surface area contributed by atoms with E-state index in [1.807, 2.05) is 54.6 Å². The number of aromatic nitrogens is 2. The molecule has 6 nitrogen and oxygen atoms in total. The van der Waals surface area contributed by atoms with E-state index in [0.29, 0.717) is 29.8 Å². The van der Waals surface area contributed by atoms with E-state index >= 15 is 0 Å². The largest absolute Gasteiger partial charge is 0.481 e. The second kappa shape index (κ2) is 9.57. The Balaban J connectivity index is 1.26. The molecule has 1 aliphatic heterocycles. The van der Waals surface area contributed by atoms with Crippen LogP contribution in [-0.4, -0.2) is 39.2 Å². The zero-order valence-electron chi connectivity index (χ0n) is 18.5. The molecule has 2 heterocycles. The molecule has 1 saturated heterocycles. The van der Waals surface area contributed by atoms with Gasteiger partial charge in [0.2, 0.25) is 5.82 Å². The molecule has 1 aliphatic rings. The molecule has 172 valence electrons. The summed E-state index contributed by atoms with van der Waals surface area (Å²) < 4.78 is 20.1. The molecule has 1 N–H and O–H groups in total. The lowest BCUT2D eigenvalue weighted by Crippen LogP contribution is -2.35. The molecule has 7 heteroatoms. The summed E-state index contributed by atoms with van der Waals surface area (Å²) in [6.45, 7) is 2.34. The van der Waals surface area contributed by atoms with E-state index in [9.17, 15) is 9.18 Å². The summed E-state index contributed by atoms with van der Waals surface area (Å²) >= 11 is 0. The quantitative estimate of drug-likeness (QED) is 0.412. The fourth-order valence-corrected chi connectivity index (χ4v) is 4.31. The molecule has 1 aromatic heterocycles. The first-order chi connectivity index (χ1) is 16.6. The number of rotatable bonds is 6. The van der Waals surface area contributed by atoms with Crippen LogP contribution in [-0.2, 0) is 11.3 Å². The lowest BCUT2D eigenvalue weighted by Gasteiger charge is -2.30. The number of aliphatic carboxylic acids is 1. The maximum Gasteiger partial charge on any atom is 0.306 e. The molecule has 0 bridgehead atoms. The zero-order valence-corrected chi connectivity index (χ0v) is 18.5. The number of carboxylic acid groups (broad SMARTS) is 1. The number of hydrogen-bond acceptors (Lipinski definition) is 5. The highest BCUT2D eigenvalue weighted by molar-refractivity contribution is 5.70. The van der Waals surface area contributed by atoms with Crippen LogP contribution in [0.4, 0.5) is 4.39 Å². The van der Waals surface area contributed by atoms with Gasteiger partial charge in [0.25, 0.3) is 5.89 Å². The molecule has 0 spiro atoms. The van der Waals surface area contributed by atoms with E-state index in [4.69, 9.17) is 9.63 Å². The highest BCUT2D eigenvalue weighted by Gasteiger charge is 2.24. The Labute approximate surface area is 196 Å². The van der Waals surface area contributed by atoms with Gasteiger partial charge in [-0.2, -0.15) is 4.98 Å². The van der Waals surface area contributed by atoms with Crippen LogP contribution in [0.1, 0.15) is 18.4 Å². The number of carbonyl (C=O) groups is 1. The van der Waals surface area contributed by atoms with Gasteiger partial charge in [-0.3, -0.25) is 9.69 Å². The van der Waals surface area contributed by atoms with Crippen molar-refractivity contribution >= 4 is 5.97 Å². The van der Waals surface area contributed by atoms with Crippen molar-refractivity contribution in [3.8, 4) is 34.0 Å². The maximum absolute atomic E-state index is 14.7. The lowest BCUT2D eigenvalue weighted by molar-refractivity contribution is -0.143. The molecule has 34 heavy (non-hydrogen) atoms. The van der Waals surface area contributed by atoms with Crippen molar-refractivity contribution in [2.45, 2.75) is 19.4 Å². The summed E-state index contributed by atoms with van der Waals surface area (Å²) in [7, 11) is 0. The number of hydrogen-bond donors (Lipinski definition) is 1. The summed E-state index contributed by atoms with van der Waals surface area (Å²) in [6, 6.07) is 22.2. The van der Waals surface area contributed by atoms with Gasteiger partial charge in [0.1, 0.15) is 5.82 Å². The lowest BCUT2D eigenvalue weighted by atomic mass is 9.97. The molecule has 1 fully saturated rings. The smallest absolute Gasteiger partial charge is 0.306 e. The minimum absolute atomic E-state index is 0.228. The van der Waals surface area contributed by atoms with Crippen molar-refractivity contribution in [1.29, 1.82) is 0 Å².